The zero-order valence-electron chi connectivity index (χ0n) is 24.7. The number of hydrogen-bond donors (Lipinski definition) is 0. The molecule has 4 heterocycles. The summed E-state index contributed by atoms with van der Waals surface area (Å²) < 4.78 is 16.5. The van der Waals surface area contributed by atoms with Gasteiger partial charge in [-0.25, -0.2) is 18.7 Å². The third kappa shape index (κ3) is 5.06. The molecular formula is C32H34ClFN6O2. The van der Waals surface area contributed by atoms with Crippen molar-refractivity contribution in [3.05, 3.63) is 87.3 Å². The minimum absolute atomic E-state index is 0.00471. The summed E-state index contributed by atoms with van der Waals surface area (Å²) in [6.45, 7) is 16.3. The van der Waals surface area contributed by atoms with Gasteiger partial charge in [-0.15, -0.1) is 0 Å². The van der Waals surface area contributed by atoms with Gasteiger partial charge in [-0.1, -0.05) is 44.2 Å². The largest absolute Gasteiger partial charge is 0.355 e. The molecule has 3 aromatic heterocycles. The Morgan fingerprint density at radius 3 is 2.48 bits per heavy atom. The summed E-state index contributed by atoms with van der Waals surface area (Å²) in [4.78, 5) is 44.6. The lowest BCUT2D eigenvalue weighted by atomic mass is 10.0. The van der Waals surface area contributed by atoms with Crippen LogP contribution >= 0.6 is 11.6 Å². The first-order valence-corrected chi connectivity index (χ1v) is 14.4. The van der Waals surface area contributed by atoms with Crippen LogP contribution in [0, 0.1) is 19.7 Å². The van der Waals surface area contributed by atoms with Crippen molar-refractivity contribution in [2.45, 2.75) is 59.5 Å². The van der Waals surface area contributed by atoms with Crippen LogP contribution in [0.1, 0.15) is 50.6 Å². The Labute approximate surface area is 249 Å². The highest BCUT2D eigenvalue weighted by Gasteiger charge is 2.34. The second-order valence-corrected chi connectivity index (χ2v) is 11.6. The molecule has 1 fully saturated rings. The Morgan fingerprint density at radius 1 is 1.10 bits per heavy atom. The van der Waals surface area contributed by atoms with Crippen molar-refractivity contribution in [1.82, 2.24) is 24.4 Å². The van der Waals surface area contributed by atoms with E-state index >= 15 is 0 Å². The molecule has 5 rings (SSSR count). The fourth-order valence-corrected chi connectivity index (χ4v) is 6.02. The fourth-order valence-electron chi connectivity index (χ4n) is 5.77. The number of aryl methyl sites for hydroxylation is 2. The lowest BCUT2D eigenvalue weighted by Gasteiger charge is -2.44. The van der Waals surface area contributed by atoms with Gasteiger partial charge in [0, 0.05) is 36.4 Å². The van der Waals surface area contributed by atoms with E-state index in [0.717, 1.165) is 17.0 Å². The number of carbonyl (C=O) groups excluding carboxylic acids is 1. The Morgan fingerprint density at radius 2 is 1.81 bits per heavy atom. The molecule has 0 saturated carbocycles. The average Bonchev–Trinajstić information content (AvgIpc) is 2.94. The zero-order chi connectivity index (χ0) is 30.5. The molecule has 0 N–H and O–H groups in total. The number of amides is 1. The van der Waals surface area contributed by atoms with Crippen LogP contribution in [0.15, 0.2) is 53.8 Å². The molecule has 0 aliphatic carbocycles. The molecule has 0 spiro atoms. The predicted octanol–water partition coefficient (Wildman–Crippen LogP) is 5.99. The van der Waals surface area contributed by atoms with Crippen molar-refractivity contribution >= 4 is 34.4 Å². The first kappa shape index (κ1) is 29.4. The monoisotopic (exact) mass is 588 g/mol. The average molecular weight is 589 g/mol. The van der Waals surface area contributed by atoms with Crippen molar-refractivity contribution in [3.63, 3.8) is 0 Å². The van der Waals surface area contributed by atoms with Gasteiger partial charge in [0.15, 0.2) is 5.65 Å². The maximum Gasteiger partial charge on any atom is 0.355 e. The number of rotatable bonds is 5. The maximum absolute atomic E-state index is 15.0. The van der Waals surface area contributed by atoms with E-state index in [1.807, 2.05) is 52.5 Å². The van der Waals surface area contributed by atoms with Gasteiger partial charge in [-0.2, -0.15) is 4.98 Å². The van der Waals surface area contributed by atoms with Crippen molar-refractivity contribution in [3.8, 4) is 16.9 Å². The van der Waals surface area contributed by atoms with Gasteiger partial charge in [-0.3, -0.25) is 9.78 Å². The highest BCUT2D eigenvalue weighted by atomic mass is 35.5. The smallest absolute Gasteiger partial charge is 0.349 e. The normalized spacial score (nSPS) is 17.3. The molecule has 2 unspecified atom stereocenters. The summed E-state index contributed by atoms with van der Waals surface area (Å²) >= 11 is 6.80. The van der Waals surface area contributed by atoms with Gasteiger partial charge < -0.3 is 9.80 Å². The van der Waals surface area contributed by atoms with Crippen molar-refractivity contribution in [2.75, 3.05) is 18.0 Å². The molecule has 218 valence electrons. The number of benzene rings is 1. The van der Waals surface area contributed by atoms with Gasteiger partial charge in [0.2, 0.25) is 5.91 Å². The van der Waals surface area contributed by atoms with E-state index in [1.165, 1.54) is 16.7 Å². The molecule has 2 atom stereocenters. The summed E-state index contributed by atoms with van der Waals surface area (Å²) in [7, 11) is 0. The molecule has 8 nitrogen and oxygen atoms in total. The van der Waals surface area contributed by atoms with Crippen molar-refractivity contribution in [1.29, 1.82) is 0 Å². The van der Waals surface area contributed by atoms with Crippen LogP contribution in [0.25, 0.3) is 28.0 Å². The van der Waals surface area contributed by atoms with Gasteiger partial charge in [0.1, 0.15) is 11.6 Å². The first-order chi connectivity index (χ1) is 19.9. The number of fused-ring (bicyclic) bond motifs is 1. The van der Waals surface area contributed by atoms with Crippen LogP contribution in [0.4, 0.5) is 10.2 Å². The topological polar surface area (TPSA) is 84.2 Å². The molecule has 1 amide bonds. The van der Waals surface area contributed by atoms with Gasteiger partial charge in [0.25, 0.3) is 0 Å². The Kier molecular flexibility index (Phi) is 7.90. The van der Waals surface area contributed by atoms with Crippen LogP contribution in [0.2, 0.25) is 5.02 Å². The van der Waals surface area contributed by atoms with Gasteiger partial charge >= 0.3 is 5.69 Å². The molecule has 1 aliphatic heterocycles. The third-order valence-electron chi connectivity index (χ3n) is 7.75. The molecule has 42 heavy (non-hydrogen) atoms. The second-order valence-electron chi connectivity index (χ2n) is 11.2. The van der Waals surface area contributed by atoms with E-state index in [0.29, 0.717) is 35.6 Å². The number of nitrogens with zero attached hydrogens (tertiary/aromatic N) is 6. The highest BCUT2D eigenvalue weighted by molar-refractivity contribution is 6.33. The van der Waals surface area contributed by atoms with Crippen LogP contribution in [-0.4, -0.2) is 55.5 Å². The molecule has 4 aromatic rings. The van der Waals surface area contributed by atoms with E-state index in [2.05, 4.69) is 11.6 Å². The van der Waals surface area contributed by atoms with Gasteiger partial charge in [-0.05, 0) is 69.5 Å². The SMILES string of the molecule is C=CC(=O)N1CC(C)N(c2nc(=O)n(-c3c(C)cc(C)nc3C(C)C)c3nc(-c4ccccc4F)c(Cl)cc23)CC1C. The number of piperazine rings is 1. The fraction of sp³-hybridized carbons (Fsp3) is 0.344. The summed E-state index contributed by atoms with van der Waals surface area (Å²) in [5, 5.41) is 0.766. The number of aromatic nitrogens is 4. The Hall–Kier alpha value is -4.11. The first-order valence-electron chi connectivity index (χ1n) is 14.0. The zero-order valence-corrected chi connectivity index (χ0v) is 25.4. The molecule has 1 aromatic carbocycles. The van der Waals surface area contributed by atoms with E-state index in [1.54, 1.807) is 29.2 Å². The van der Waals surface area contributed by atoms with E-state index in [9.17, 15) is 14.0 Å². The minimum atomic E-state index is -0.535. The molecule has 0 radical (unpaired) electrons. The van der Waals surface area contributed by atoms with Crippen LogP contribution in [0.3, 0.4) is 0 Å². The summed E-state index contributed by atoms with van der Waals surface area (Å²) in [6, 6.07) is 9.55. The van der Waals surface area contributed by atoms with E-state index < -0.39 is 11.5 Å². The number of carbonyl (C=O) groups is 1. The third-order valence-corrected chi connectivity index (χ3v) is 8.04. The molecule has 10 heteroatoms. The van der Waals surface area contributed by atoms with Crippen LogP contribution in [0.5, 0.6) is 0 Å². The summed E-state index contributed by atoms with van der Waals surface area (Å²) in [6.07, 6.45) is 1.31. The van der Waals surface area contributed by atoms with Crippen molar-refractivity contribution < 1.29 is 9.18 Å². The Bertz CT molecular complexity index is 1790. The van der Waals surface area contributed by atoms with E-state index in [4.69, 9.17) is 21.6 Å². The van der Waals surface area contributed by atoms with E-state index in [-0.39, 0.29) is 40.2 Å². The van der Waals surface area contributed by atoms with Crippen molar-refractivity contribution in [2.24, 2.45) is 0 Å². The van der Waals surface area contributed by atoms with Crippen LogP contribution < -0.4 is 10.6 Å². The number of anilines is 1. The molecule has 1 aliphatic rings. The quantitative estimate of drug-likeness (QED) is 0.266. The molecule has 1 saturated heterocycles. The molecular weight excluding hydrogens is 555 g/mol. The summed E-state index contributed by atoms with van der Waals surface area (Å²) in [5.74, 6) is -0.217. The predicted molar refractivity (Wildman–Crippen MR) is 165 cm³/mol. The summed E-state index contributed by atoms with van der Waals surface area (Å²) in [5.41, 5.74) is 3.21. The standard InChI is InChI=1S/C32H34ClFN6O2/c1-8-26(41)38-15-21(7)39(16-20(38)6)30-23-14-24(33)28(22-11-9-10-12-25(22)34)36-31(23)40(32(42)37-30)29-18(4)13-19(5)35-27(29)17(2)3/h8-14,17,20-21H,1,15-16H2,2-7H3. The molecule has 0 bridgehead atoms. The lowest BCUT2D eigenvalue weighted by Crippen LogP contribution is -2.58. The highest BCUT2D eigenvalue weighted by Crippen LogP contribution is 2.36. The number of pyridine rings is 2. The number of halogens is 2. The van der Waals surface area contributed by atoms with Gasteiger partial charge in [0.05, 0.1) is 27.5 Å². The van der Waals surface area contributed by atoms with Crippen LogP contribution in [-0.2, 0) is 4.79 Å². The number of hydrogen-bond acceptors (Lipinski definition) is 6. The Balaban J connectivity index is 1.84. The second kappa shape index (κ2) is 11.3. The maximum atomic E-state index is 15.0. The minimum Gasteiger partial charge on any atom is -0.349 e. The lowest BCUT2D eigenvalue weighted by molar-refractivity contribution is -0.128.